The fourth-order valence-electron chi connectivity index (χ4n) is 8.29. The van der Waals surface area contributed by atoms with Crippen LogP contribution >= 0.6 is 0 Å². The van der Waals surface area contributed by atoms with E-state index in [0.29, 0.717) is 23.0 Å². The van der Waals surface area contributed by atoms with Gasteiger partial charge in [-0.1, -0.05) is 20.3 Å². The molecule has 25 heavy (non-hydrogen) atoms. The molecule has 0 saturated heterocycles. The van der Waals surface area contributed by atoms with E-state index >= 15 is 0 Å². The Balaban J connectivity index is 1.62. The Bertz CT molecular complexity index is 552. The van der Waals surface area contributed by atoms with Gasteiger partial charge in [-0.25, -0.2) is 0 Å². The van der Waals surface area contributed by atoms with Gasteiger partial charge in [-0.05, 0) is 106 Å². The second kappa shape index (κ2) is 5.81. The molecule has 4 aliphatic carbocycles. The molecule has 0 aromatic carbocycles. The summed E-state index contributed by atoms with van der Waals surface area (Å²) < 4.78 is 0. The summed E-state index contributed by atoms with van der Waals surface area (Å²) in [6, 6.07) is 0. The lowest BCUT2D eigenvalue weighted by atomic mass is 9.41. The number of aliphatic hydroxyl groups is 1. The summed E-state index contributed by atoms with van der Waals surface area (Å²) in [6.07, 6.45) is 12.1. The molecule has 8 atom stereocenters. The molecule has 0 unspecified atom stereocenters. The highest BCUT2D eigenvalue weighted by Gasteiger charge is 2.60. The standard InChI is InChI=1S/C23H38O2/c1-15(24)18-6-5-7-19-17-9-8-16-14-21(2,25)12-13-22(16,3)20(17)10-11-23(18,19)4/h16-20,25H,5-14H2,1-4H3/t16-,17-,18+,19-,20-,21+,22-,23+/m0/s1. The first kappa shape index (κ1) is 18.0. The van der Waals surface area contributed by atoms with Crippen molar-refractivity contribution in [2.24, 2.45) is 40.4 Å². The van der Waals surface area contributed by atoms with Crippen molar-refractivity contribution in [3.63, 3.8) is 0 Å². The largest absolute Gasteiger partial charge is 0.390 e. The zero-order valence-electron chi connectivity index (χ0n) is 16.8. The maximum absolute atomic E-state index is 12.4. The van der Waals surface area contributed by atoms with Crippen LogP contribution in [0, 0.1) is 40.4 Å². The molecule has 2 nitrogen and oxygen atoms in total. The maximum atomic E-state index is 12.4. The van der Waals surface area contributed by atoms with E-state index in [9.17, 15) is 9.90 Å². The lowest BCUT2D eigenvalue weighted by Gasteiger charge is -2.64. The Morgan fingerprint density at radius 1 is 0.880 bits per heavy atom. The van der Waals surface area contributed by atoms with E-state index in [1.807, 2.05) is 6.92 Å². The number of fused-ring (bicyclic) bond motifs is 5. The maximum Gasteiger partial charge on any atom is 0.133 e. The van der Waals surface area contributed by atoms with Gasteiger partial charge in [0.15, 0.2) is 0 Å². The molecule has 1 N–H and O–H groups in total. The predicted molar refractivity (Wildman–Crippen MR) is 101 cm³/mol. The zero-order chi connectivity index (χ0) is 18.0. The SMILES string of the molecule is CC(=O)[C@H]1CCC[C@H]2[C@@H]3CC[C@H]4C[C@](C)(O)CC[C@]4(C)[C@H]3CC[C@]12C. The van der Waals surface area contributed by atoms with Crippen LogP contribution in [-0.2, 0) is 4.79 Å². The minimum atomic E-state index is -0.440. The smallest absolute Gasteiger partial charge is 0.133 e. The van der Waals surface area contributed by atoms with E-state index in [2.05, 4.69) is 20.8 Å². The molecule has 4 aliphatic rings. The Morgan fingerprint density at radius 3 is 2.32 bits per heavy atom. The fraction of sp³-hybridized carbons (Fsp3) is 0.957. The predicted octanol–water partition coefficient (Wildman–Crippen LogP) is 5.38. The van der Waals surface area contributed by atoms with Gasteiger partial charge in [0, 0.05) is 5.92 Å². The lowest BCUT2D eigenvalue weighted by Crippen LogP contribution is -2.58. The lowest BCUT2D eigenvalue weighted by molar-refractivity contribution is -0.168. The molecule has 4 rings (SSSR count). The van der Waals surface area contributed by atoms with E-state index in [4.69, 9.17) is 0 Å². The summed E-state index contributed by atoms with van der Waals surface area (Å²) >= 11 is 0. The van der Waals surface area contributed by atoms with E-state index in [1.54, 1.807) is 0 Å². The van der Waals surface area contributed by atoms with Gasteiger partial charge in [0.2, 0.25) is 0 Å². The molecule has 4 fully saturated rings. The van der Waals surface area contributed by atoms with Crippen molar-refractivity contribution in [1.82, 2.24) is 0 Å². The quantitative estimate of drug-likeness (QED) is 0.692. The molecule has 0 aliphatic heterocycles. The van der Waals surface area contributed by atoms with Crippen molar-refractivity contribution in [2.75, 3.05) is 0 Å². The molecule has 0 aromatic rings. The minimum Gasteiger partial charge on any atom is -0.390 e. The van der Waals surface area contributed by atoms with Crippen molar-refractivity contribution < 1.29 is 9.90 Å². The highest BCUT2D eigenvalue weighted by molar-refractivity contribution is 5.79. The van der Waals surface area contributed by atoms with Gasteiger partial charge in [0.05, 0.1) is 5.60 Å². The second-order valence-electron chi connectivity index (χ2n) is 11.0. The summed E-state index contributed by atoms with van der Waals surface area (Å²) in [6.45, 7) is 8.90. The van der Waals surface area contributed by atoms with Crippen molar-refractivity contribution >= 4 is 5.78 Å². The second-order valence-corrected chi connectivity index (χ2v) is 11.0. The van der Waals surface area contributed by atoms with Crippen LogP contribution in [0.1, 0.15) is 91.9 Å². The average molecular weight is 347 g/mol. The number of rotatable bonds is 1. The third-order valence-electron chi connectivity index (χ3n) is 9.69. The molecule has 0 bridgehead atoms. The van der Waals surface area contributed by atoms with Gasteiger partial charge in [-0.15, -0.1) is 0 Å². The zero-order valence-corrected chi connectivity index (χ0v) is 16.8. The van der Waals surface area contributed by atoms with Gasteiger partial charge >= 0.3 is 0 Å². The van der Waals surface area contributed by atoms with E-state index in [-0.39, 0.29) is 5.41 Å². The van der Waals surface area contributed by atoms with Crippen LogP contribution in [0.25, 0.3) is 0 Å². The van der Waals surface area contributed by atoms with Gasteiger partial charge in [-0.3, -0.25) is 4.79 Å². The molecule has 2 heteroatoms. The summed E-state index contributed by atoms with van der Waals surface area (Å²) in [4.78, 5) is 12.4. The Kier molecular flexibility index (Phi) is 4.19. The Labute approximate surface area is 154 Å². The number of hydrogen-bond acceptors (Lipinski definition) is 2. The summed E-state index contributed by atoms with van der Waals surface area (Å²) in [5.74, 6) is 3.86. The summed E-state index contributed by atoms with van der Waals surface area (Å²) in [5, 5.41) is 10.6. The Hall–Kier alpha value is -0.370. The third-order valence-corrected chi connectivity index (χ3v) is 9.69. The molecule has 0 amide bonds. The van der Waals surface area contributed by atoms with E-state index in [1.165, 1.54) is 44.9 Å². The number of Topliss-reactive ketones (excluding diaryl/α,β-unsaturated/α-hetero) is 1. The normalized spacial score (nSPS) is 55.6. The van der Waals surface area contributed by atoms with Crippen LogP contribution < -0.4 is 0 Å². The first-order chi connectivity index (χ1) is 11.7. The van der Waals surface area contributed by atoms with Gasteiger partial charge in [-0.2, -0.15) is 0 Å². The van der Waals surface area contributed by atoms with Crippen molar-refractivity contribution in [3.8, 4) is 0 Å². The van der Waals surface area contributed by atoms with Crippen molar-refractivity contribution in [2.45, 2.75) is 97.5 Å². The number of hydrogen-bond donors (Lipinski definition) is 1. The molecule has 4 saturated carbocycles. The molecule has 0 spiro atoms. The molecule has 0 heterocycles. The first-order valence-corrected chi connectivity index (χ1v) is 10.9. The highest BCUT2D eigenvalue weighted by Crippen LogP contribution is 2.67. The van der Waals surface area contributed by atoms with Crippen molar-refractivity contribution in [1.29, 1.82) is 0 Å². The molecule has 142 valence electrons. The average Bonchev–Trinajstić information content (AvgIpc) is 2.53. The summed E-state index contributed by atoms with van der Waals surface area (Å²) in [5.41, 5.74) is 0.245. The molecular formula is C23H38O2. The minimum absolute atomic E-state index is 0.259. The van der Waals surface area contributed by atoms with E-state index in [0.717, 1.165) is 37.0 Å². The van der Waals surface area contributed by atoms with Crippen LogP contribution in [-0.4, -0.2) is 16.5 Å². The Morgan fingerprint density at radius 2 is 1.60 bits per heavy atom. The van der Waals surface area contributed by atoms with Crippen LogP contribution in [0.3, 0.4) is 0 Å². The molecule has 0 radical (unpaired) electrons. The molecule has 0 aromatic heterocycles. The third kappa shape index (κ3) is 2.65. The fourth-order valence-corrected chi connectivity index (χ4v) is 8.29. The topological polar surface area (TPSA) is 37.3 Å². The number of carbonyl (C=O) groups excluding carboxylic acids is 1. The van der Waals surface area contributed by atoms with Crippen LogP contribution in [0.2, 0.25) is 0 Å². The van der Waals surface area contributed by atoms with Crippen LogP contribution in [0.5, 0.6) is 0 Å². The van der Waals surface area contributed by atoms with Gasteiger partial charge in [0.1, 0.15) is 5.78 Å². The molecular weight excluding hydrogens is 308 g/mol. The van der Waals surface area contributed by atoms with E-state index < -0.39 is 5.60 Å². The highest BCUT2D eigenvalue weighted by atomic mass is 16.3. The van der Waals surface area contributed by atoms with Crippen LogP contribution in [0.15, 0.2) is 0 Å². The summed E-state index contributed by atoms with van der Waals surface area (Å²) in [7, 11) is 0. The van der Waals surface area contributed by atoms with Gasteiger partial charge < -0.3 is 5.11 Å². The first-order valence-electron chi connectivity index (χ1n) is 10.9. The number of ketones is 1. The van der Waals surface area contributed by atoms with Crippen LogP contribution in [0.4, 0.5) is 0 Å². The van der Waals surface area contributed by atoms with Crippen molar-refractivity contribution in [3.05, 3.63) is 0 Å². The number of carbonyl (C=O) groups is 1. The van der Waals surface area contributed by atoms with Gasteiger partial charge in [0.25, 0.3) is 0 Å². The monoisotopic (exact) mass is 346 g/mol.